The highest BCUT2D eigenvalue weighted by molar-refractivity contribution is 5.93. The number of anilines is 1. The van der Waals surface area contributed by atoms with E-state index in [0.29, 0.717) is 37.9 Å². The maximum Gasteiger partial charge on any atom is 0.246 e. The fraction of sp³-hybridized carbons (Fsp3) is 0.286. The van der Waals surface area contributed by atoms with Crippen LogP contribution in [-0.2, 0) is 9.59 Å². The molecule has 0 aliphatic carbocycles. The van der Waals surface area contributed by atoms with Gasteiger partial charge in [-0.1, -0.05) is 12.1 Å². The summed E-state index contributed by atoms with van der Waals surface area (Å²) in [5.41, 5.74) is 0.518. The Bertz CT molecular complexity index is 537. The van der Waals surface area contributed by atoms with Crippen LogP contribution < -0.4 is 10.0 Å². The predicted molar refractivity (Wildman–Crippen MR) is 69.3 cm³/mol. The van der Waals surface area contributed by atoms with Crippen LogP contribution in [0.15, 0.2) is 36.4 Å². The summed E-state index contributed by atoms with van der Waals surface area (Å²) in [4.78, 5) is 25.3. The van der Waals surface area contributed by atoms with Gasteiger partial charge >= 0.3 is 0 Å². The predicted octanol–water partition coefficient (Wildman–Crippen LogP) is -0.220. The van der Waals surface area contributed by atoms with Crippen molar-refractivity contribution in [2.24, 2.45) is 0 Å². The molecule has 1 aromatic carbocycles. The minimum Gasteiger partial charge on any atom is -0.545 e. The van der Waals surface area contributed by atoms with Crippen LogP contribution in [-0.4, -0.2) is 43.0 Å². The van der Waals surface area contributed by atoms with E-state index in [1.165, 1.54) is 11.0 Å². The summed E-state index contributed by atoms with van der Waals surface area (Å²) in [6.45, 7) is 1.85. The zero-order valence-corrected chi connectivity index (χ0v) is 10.8. The summed E-state index contributed by atoms with van der Waals surface area (Å²) in [6, 6.07) is 6.49. The zero-order valence-electron chi connectivity index (χ0n) is 10.8. The van der Waals surface area contributed by atoms with Gasteiger partial charge in [0.15, 0.2) is 0 Å². The van der Waals surface area contributed by atoms with Crippen molar-refractivity contribution in [1.82, 2.24) is 4.90 Å². The maximum absolute atomic E-state index is 13.6. The number of rotatable bonds is 3. The highest BCUT2D eigenvalue weighted by atomic mass is 19.1. The Balaban J connectivity index is 1.94. The number of carbonyl (C=O) groups excluding carboxylic acids is 2. The summed E-state index contributed by atoms with van der Waals surface area (Å²) in [5, 5.41) is 10.2. The molecular weight excluding hydrogens is 263 g/mol. The second kappa shape index (κ2) is 6.18. The van der Waals surface area contributed by atoms with Crippen molar-refractivity contribution in [2.75, 3.05) is 31.1 Å². The van der Waals surface area contributed by atoms with Crippen molar-refractivity contribution in [3.63, 3.8) is 0 Å². The van der Waals surface area contributed by atoms with E-state index in [2.05, 4.69) is 0 Å². The highest BCUT2D eigenvalue weighted by Crippen LogP contribution is 2.20. The SMILES string of the molecule is O=C([O-])/C=C/C(=O)N1CCN(c2ccccc2F)CC1. The van der Waals surface area contributed by atoms with Crippen LogP contribution in [0.2, 0.25) is 0 Å². The number of para-hydroxylation sites is 1. The standard InChI is InChI=1S/C14H15FN2O3/c15-11-3-1-2-4-12(11)16-7-9-17(10-8-16)13(18)5-6-14(19)20/h1-6H,7-10H2,(H,19,20)/p-1/b6-5+. The summed E-state index contributed by atoms with van der Waals surface area (Å²) < 4.78 is 13.6. The highest BCUT2D eigenvalue weighted by Gasteiger charge is 2.21. The number of hydrogen-bond donors (Lipinski definition) is 0. The van der Waals surface area contributed by atoms with Gasteiger partial charge in [-0.3, -0.25) is 4.79 Å². The molecule has 0 unspecified atom stereocenters. The lowest BCUT2D eigenvalue weighted by molar-refractivity contribution is -0.297. The molecule has 0 bridgehead atoms. The molecule has 0 radical (unpaired) electrons. The first kappa shape index (κ1) is 14.0. The van der Waals surface area contributed by atoms with Crippen LogP contribution in [0, 0.1) is 5.82 Å². The average molecular weight is 277 g/mol. The van der Waals surface area contributed by atoms with Crippen LogP contribution in [0.3, 0.4) is 0 Å². The molecule has 1 aromatic rings. The Labute approximate surface area is 115 Å². The van der Waals surface area contributed by atoms with Crippen molar-refractivity contribution < 1.29 is 19.1 Å². The van der Waals surface area contributed by atoms with Gasteiger partial charge in [-0.05, 0) is 18.2 Å². The van der Waals surface area contributed by atoms with E-state index in [1.807, 2.05) is 4.90 Å². The van der Waals surface area contributed by atoms with E-state index in [-0.39, 0.29) is 11.7 Å². The number of hydrogen-bond acceptors (Lipinski definition) is 4. The van der Waals surface area contributed by atoms with Gasteiger partial charge < -0.3 is 19.7 Å². The van der Waals surface area contributed by atoms with Crippen molar-refractivity contribution in [3.8, 4) is 0 Å². The van der Waals surface area contributed by atoms with E-state index >= 15 is 0 Å². The summed E-state index contributed by atoms with van der Waals surface area (Å²) in [6.07, 6.45) is 1.69. The lowest BCUT2D eigenvalue weighted by atomic mass is 10.2. The minimum absolute atomic E-state index is 0.288. The molecule has 0 aromatic heterocycles. The number of halogens is 1. The largest absolute Gasteiger partial charge is 0.545 e. The molecular formula is C14H14FN2O3-. The van der Waals surface area contributed by atoms with Gasteiger partial charge in [0.05, 0.1) is 11.7 Å². The van der Waals surface area contributed by atoms with Gasteiger partial charge in [0, 0.05) is 32.3 Å². The van der Waals surface area contributed by atoms with E-state index in [9.17, 15) is 19.1 Å². The third kappa shape index (κ3) is 3.34. The molecule has 1 fully saturated rings. The number of piperazine rings is 1. The topological polar surface area (TPSA) is 63.7 Å². The Hall–Kier alpha value is -2.37. The maximum atomic E-state index is 13.6. The number of carboxylic acids is 1. The second-order valence-electron chi connectivity index (χ2n) is 4.42. The van der Waals surface area contributed by atoms with E-state index in [4.69, 9.17) is 0 Å². The molecule has 0 atom stereocenters. The lowest BCUT2D eigenvalue weighted by Gasteiger charge is -2.35. The molecule has 0 spiro atoms. The van der Waals surface area contributed by atoms with Gasteiger partial charge in [-0.2, -0.15) is 0 Å². The third-order valence-corrected chi connectivity index (χ3v) is 3.15. The first-order valence-corrected chi connectivity index (χ1v) is 6.25. The summed E-state index contributed by atoms with van der Waals surface area (Å²) in [5.74, 6) is -2.06. The van der Waals surface area contributed by atoms with Gasteiger partial charge in [0.1, 0.15) is 5.82 Å². The molecule has 2 rings (SSSR count). The molecule has 1 aliphatic rings. The Morgan fingerprint density at radius 3 is 2.35 bits per heavy atom. The van der Waals surface area contributed by atoms with Crippen LogP contribution >= 0.6 is 0 Å². The number of benzene rings is 1. The lowest BCUT2D eigenvalue weighted by Crippen LogP contribution is -2.48. The number of carboxylic acid groups (broad SMARTS) is 1. The van der Waals surface area contributed by atoms with Crippen LogP contribution in [0.5, 0.6) is 0 Å². The Morgan fingerprint density at radius 1 is 1.10 bits per heavy atom. The number of nitrogens with zero attached hydrogens (tertiary/aromatic N) is 2. The quantitative estimate of drug-likeness (QED) is 0.717. The van der Waals surface area contributed by atoms with E-state index in [0.717, 1.165) is 6.08 Å². The molecule has 1 heterocycles. The molecule has 0 saturated carbocycles. The smallest absolute Gasteiger partial charge is 0.246 e. The van der Waals surface area contributed by atoms with Gasteiger partial charge in [0.25, 0.3) is 0 Å². The molecule has 6 heteroatoms. The second-order valence-corrected chi connectivity index (χ2v) is 4.42. The minimum atomic E-state index is -1.40. The van der Waals surface area contributed by atoms with Crippen LogP contribution in [0.4, 0.5) is 10.1 Å². The van der Waals surface area contributed by atoms with Gasteiger partial charge in [0.2, 0.25) is 5.91 Å². The van der Waals surface area contributed by atoms with Crippen molar-refractivity contribution in [1.29, 1.82) is 0 Å². The van der Waals surface area contributed by atoms with Crippen LogP contribution in [0.1, 0.15) is 0 Å². The molecule has 1 amide bonds. The molecule has 106 valence electrons. The van der Waals surface area contributed by atoms with Crippen molar-refractivity contribution in [3.05, 3.63) is 42.2 Å². The fourth-order valence-electron chi connectivity index (χ4n) is 2.12. The molecule has 1 aliphatic heterocycles. The van der Waals surface area contributed by atoms with E-state index < -0.39 is 5.97 Å². The zero-order chi connectivity index (χ0) is 14.5. The molecule has 0 N–H and O–H groups in total. The first-order valence-electron chi connectivity index (χ1n) is 6.25. The normalized spacial score (nSPS) is 15.7. The Morgan fingerprint density at radius 2 is 1.75 bits per heavy atom. The molecule has 5 nitrogen and oxygen atoms in total. The van der Waals surface area contributed by atoms with Crippen molar-refractivity contribution >= 4 is 17.6 Å². The third-order valence-electron chi connectivity index (χ3n) is 3.15. The summed E-state index contributed by atoms with van der Waals surface area (Å²) >= 11 is 0. The fourth-order valence-corrected chi connectivity index (χ4v) is 2.12. The number of amides is 1. The number of aliphatic carboxylic acids is 1. The molecule has 1 saturated heterocycles. The first-order chi connectivity index (χ1) is 9.58. The van der Waals surface area contributed by atoms with Gasteiger partial charge in [-0.15, -0.1) is 0 Å². The summed E-state index contributed by atoms with van der Waals surface area (Å²) in [7, 11) is 0. The van der Waals surface area contributed by atoms with Crippen LogP contribution in [0.25, 0.3) is 0 Å². The number of carbonyl (C=O) groups is 2. The monoisotopic (exact) mass is 277 g/mol. The Kier molecular flexibility index (Phi) is 4.34. The average Bonchev–Trinajstić information content (AvgIpc) is 2.45. The van der Waals surface area contributed by atoms with Crippen molar-refractivity contribution in [2.45, 2.75) is 0 Å². The van der Waals surface area contributed by atoms with E-state index in [1.54, 1.807) is 18.2 Å². The van der Waals surface area contributed by atoms with Gasteiger partial charge in [-0.25, -0.2) is 4.39 Å². The molecule has 20 heavy (non-hydrogen) atoms.